The van der Waals surface area contributed by atoms with Gasteiger partial charge < -0.3 is 10.6 Å². The molecule has 1 heterocycles. The Morgan fingerprint density at radius 2 is 1.72 bits per heavy atom. The monoisotopic (exact) mass is 419 g/mol. The van der Waals surface area contributed by atoms with E-state index in [2.05, 4.69) is 27.8 Å². The number of halogens is 3. The van der Waals surface area contributed by atoms with Gasteiger partial charge in [0.2, 0.25) is 0 Å². The van der Waals surface area contributed by atoms with Crippen molar-refractivity contribution in [3.8, 4) is 0 Å². The fraction of sp³-hybridized carbons (Fsp3) is 0.238. The van der Waals surface area contributed by atoms with Gasteiger partial charge >= 0.3 is 6.18 Å². The van der Waals surface area contributed by atoms with Crippen molar-refractivity contribution >= 4 is 22.4 Å². The third-order valence-corrected chi connectivity index (χ3v) is 5.38. The lowest BCUT2D eigenvalue weighted by molar-refractivity contribution is -0.137. The lowest BCUT2D eigenvalue weighted by Gasteiger charge is -2.08. The fourth-order valence-corrected chi connectivity index (χ4v) is 3.62. The molecule has 0 bridgehead atoms. The third-order valence-electron chi connectivity index (χ3n) is 4.27. The van der Waals surface area contributed by atoms with Crippen LogP contribution < -0.4 is 10.6 Å². The second-order valence-electron chi connectivity index (χ2n) is 6.47. The van der Waals surface area contributed by atoms with Gasteiger partial charge in [-0.2, -0.15) is 13.2 Å². The molecular formula is C21H20F3N3OS. The topological polar surface area (TPSA) is 54.0 Å². The summed E-state index contributed by atoms with van der Waals surface area (Å²) in [5.41, 5.74) is 1.71. The first kappa shape index (κ1) is 20.9. The minimum Gasteiger partial charge on any atom is -0.361 e. The summed E-state index contributed by atoms with van der Waals surface area (Å²) in [5.74, 6) is -0.295. The number of nitrogens with zero attached hydrogens (tertiary/aromatic N) is 1. The summed E-state index contributed by atoms with van der Waals surface area (Å²) in [6, 6.07) is 14.8. The van der Waals surface area contributed by atoms with E-state index in [1.54, 1.807) is 6.92 Å². The van der Waals surface area contributed by atoms with Gasteiger partial charge in [0.1, 0.15) is 4.88 Å². The van der Waals surface area contributed by atoms with Crippen LogP contribution in [-0.4, -0.2) is 17.4 Å². The molecule has 0 atom stereocenters. The van der Waals surface area contributed by atoms with Gasteiger partial charge in [0.25, 0.3) is 5.91 Å². The molecule has 8 heteroatoms. The molecule has 0 spiro atoms. The van der Waals surface area contributed by atoms with Gasteiger partial charge in [-0.15, -0.1) is 0 Å². The Morgan fingerprint density at radius 1 is 1.03 bits per heavy atom. The molecule has 4 nitrogen and oxygen atoms in total. The zero-order valence-electron chi connectivity index (χ0n) is 15.7. The molecular weight excluding hydrogens is 399 g/mol. The first-order chi connectivity index (χ1) is 13.8. The lowest BCUT2D eigenvalue weighted by Crippen LogP contribution is -2.22. The summed E-state index contributed by atoms with van der Waals surface area (Å²) in [5, 5.41) is 6.62. The minimum atomic E-state index is -4.37. The standard InChI is InChI=1S/C21H20F3N3OS/c1-14-18(29-20(27-14)25-12-11-15-5-3-2-4-6-15)19(28)26-13-16-7-9-17(10-8-16)21(22,23)24/h2-10H,11-13H2,1H3,(H,25,27)(H,26,28). The number of aryl methyl sites for hydroxylation is 1. The van der Waals surface area contributed by atoms with Gasteiger partial charge in [-0.3, -0.25) is 4.79 Å². The summed E-state index contributed by atoms with van der Waals surface area (Å²) in [6.45, 7) is 2.60. The Kier molecular flexibility index (Phi) is 6.53. The van der Waals surface area contributed by atoms with Crippen molar-refractivity contribution in [3.63, 3.8) is 0 Å². The van der Waals surface area contributed by atoms with Gasteiger partial charge in [0.05, 0.1) is 11.3 Å². The van der Waals surface area contributed by atoms with Crippen LogP contribution >= 0.6 is 11.3 Å². The molecule has 0 aliphatic carbocycles. The van der Waals surface area contributed by atoms with Crippen molar-refractivity contribution in [2.45, 2.75) is 26.1 Å². The number of hydrogen-bond acceptors (Lipinski definition) is 4. The minimum absolute atomic E-state index is 0.144. The smallest absolute Gasteiger partial charge is 0.361 e. The second-order valence-corrected chi connectivity index (χ2v) is 7.47. The van der Waals surface area contributed by atoms with E-state index in [0.717, 1.165) is 18.6 Å². The highest BCUT2D eigenvalue weighted by Crippen LogP contribution is 2.29. The van der Waals surface area contributed by atoms with E-state index in [0.29, 0.717) is 27.8 Å². The van der Waals surface area contributed by atoms with Crippen molar-refractivity contribution in [1.29, 1.82) is 0 Å². The maximum absolute atomic E-state index is 12.6. The maximum atomic E-state index is 12.6. The molecule has 3 rings (SSSR count). The molecule has 0 saturated carbocycles. The Bertz CT molecular complexity index is 954. The number of thiazole rings is 1. The number of rotatable bonds is 7. The molecule has 1 amide bonds. The van der Waals surface area contributed by atoms with Gasteiger partial charge in [0.15, 0.2) is 5.13 Å². The number of aromatic nitrogens is 1. The molecule has 0 radical (unpaired) electrons. The predicted molar refractivity (Wildman–Crippen MR) is 108 cm³/mol. The molecule has 1 aromatic heterocycles. The van der Waals surface area contributed by atoms with E-state index in [-0.39, 0.29) is 12.5 Å². The number of amides is 1. The lowest BCUT2D eigenvalue weighted by atomic mass is 10.1. The summed E-state index contributed by atoms with van der Waals surface area (Å²) in [4.78, 5) is 17.3. The van der Waals surface area contributed by atoms with Crippen LogP contribution in [0.1, 0.15) is 32.1 Å². The zero-order chi connectivity index (χ0) is 20.9. The molecule has 152 valence electrons. The molecule has 29 heavy (non-hydrogen) atoms. The Hall–Kier alpha value is -2.87. The maximum Gasteiger partial charge on any atom is 0.416 e. The zero-order valence-corrected chi connectivity index (χ0v) is 16.5. The number of nitrogens with one attached hydrogen (secondary N) is 2. The third kappa shape index (κ3) is 5.80. The second kappa shape index (κ2) is 9.09. The van der Waals surface area contributed by atoms with Gasteiger partial charge in [-0.25, -0.2) is 4.98 Å². The first-order valence-corrected chi connectivity index (χ1v) is 9.84. The SMILES string of the molecule is Cc1nc(NCCc2ccccc2)sc1C(=O)NCc1ccc(C(F)(F)F)cc1. The van der Waals surface area contributed by atoms with Gasteiger partial charge in [0, 0.05) is 13.1 Å². The van der Waals surface area contributed by atoms with Crippen LogP contribution in [-0.2, 0) is 19.1 Å². The Morgan fingerprint density at radius 3 is 2.38 bits per heavy atom. The van der Waals surface area contributed by atoms with Crippen LogP contribution in [0.4, 0.5) is 18.3 Å². The van der Waals surface area contributed by atoms with Crippen molar-refractivity contribution in [2.24, 2.45) is 0 Å². The van der Waals surface area contributed by atoms with E-state index >= 15 is 0 Å². The molecule has 0 unspecified atom stereocenters. The van der Waals surface area contributed by atoms with Crippen LogP contribution in [0, 0.1) is 6.92 Å². The summed E-state index contributed by atoms with van der Waals surface area (Å²) < 4.78 is 37.8. The highest BCUT2D eigenvalue weighted by atomic mass is 32.1. The van der Waals surface area contributed by atoms with Crippen LogP contribution in [0.25, 0.3) is 0 Å². The summed E-state index contributed by atoms with van der Waals surface area (Å²) in [6.07, 6.45) is -3.53. The van der Waals surface area contributed by atoms with Crippen molar-refractivity contribution in [2.75, 3.05) is 11.9 Å². The molecule has 0 saturated heterocycles. The molecule has 0 fully saturated rings. The van der Waals surface area contributed by atoms with Crippen molar-refractivity contribution < 1.29 is 18.0 Å². The van der Waals surface area contributed by atoms with Crippen LogP contribution in [0.3, 0.4) is 0 Å². The number of anilines is 1. The first-order valence-electron chi connectivity index (χ1n) is 9.02. The van der Waals surface area contributed by atoms with Crippen LogP contribution in [0.2, 0.25) is 0 Å². The summed E-state index contributed by atoms with van der Waals surface area (Å²) in [7, 11) is 0. The number of carbonyl (C=O) groups is 1. The largest absolute Gasteiger partial charge is 0.416 e. The Labute approximate surface area is 170 Å². The molecule has 0 aliphatic rings. The molecule has 2 aromatic carbocycles. The van der Waals surface area contributed by atoms with Crippen molar-refractivity contribution in [1.82, 2.24) is 10.3 Å². The highest BCUT2D eigenvalue weighted by Gasteiger charge is 2.29. The van der Waals surface area contributed by atoms with E-state index in [4.69, 9.17) is 0 Å². The molecule has 3 aromatic rings. The normalized spacial score (nSPS) is 11.3. The van der Waals surface area contributed by atoms with Crippen LogP contribution in [0.5, 0.6) is 0 Å². The quantitative estimate of drug-likeness (QED) is 0.563. The van der Waals surface area contributed by atoms with Crippen molar-refractivity contribution in [3.05, 3.63) is 81.9 Å². The number of benzene rings is 2. The van der Waals surface area contributed by atoms with Gasteiger partial charge in [-0.05, 0) is 36.6 Å². The number of hydrogen-bond donors (Lipinski definition) is 2. The van der Waals surface area contributed by atoms with E-state index in [1.807, 2.05) is 18.2 Å². The average molecular weight is 419 g/mol. The number of alkyl halides is 3. The fourth-order valence-electron chi connectivity index (χ4n) is 2.72. The predicted octanol–water partition coefficient (Wildman–Crippen LogP) is 5.05. The molecule has 0 aliphatic heterocycles. The van der Waals surface area contributed by atoms with Gasteiger partial charge in [-0.1, -0.05) is 53.8 Å². The van der Waals surface area contributed by atoms with Crippen LogP contribution in [0.15, 0.2) is 54.6 Å². The van der Waals surface area contributed by atoms with E-state index in [9.17, 15) is 18.0 Å². The summed E-state index contributed by atoms with van der Waals surface area (Å²) >= 11 is 1.26. The van der Waals surface area contributed by atoms with E-state index in [1.165, 1.54) is 29.0 Å². The molecule has 2 N–H and O–H groups in total. The number of carbonyl (C=O) groups excluding carboxylic acids is 1. The average Bonchev–Trinajstić information content (AvgIpc) is 3.07. The Balaban J connectivity index is 1.53. The van der Waals surface area contributed by atoms with E-state index < -0.39 is 11.7 Å². The highest BCUT2D eigenvalue weighted by molar-refractivity contribution is 7.17.